The quantitative estimate of drug-likeness (QED) is 0.813. The van der Waals surface area contributed by atoms with E-state index in [4.69, 9.17) is 9.57 Å². The smallest absolute Gasteiger partial charge is 0.356 e. The molecular weight excluding hydrogens is 246 g/mol. The van der Waals surface area contributed by atoms with Crippen LogP contribution in [0.3, 0.4) is 0 Å². The number of carbonyl (C=O) groups excluding carboxylic acids is 1. The first kappa shape index (κ1) is 13.5. The number of hydrogen-bond acceptors (Lipinski definition) is 5. The van der Waals surface area contributed by atoms with Crippen LogP contribution in [0.5, 0.6) is 0 Å². The summed E-state index contributed by atoms with van der Waals surface area (Å²) in [7, 11) is 0. The van der Waals surface area contributed by atoms with Gasteiger partial charge in [0.15, 0.2) is 0 Å². The number of benzene rings is 1. The molecule has 1 unspecified atom stereocenters. The molecule has 0 saturated carbocycles. The van der Waals surface area contributed by atoms with Crippen LogP contribution in [0.15, 0.2) is 35.5 Å². The number of carbonyl (C=O) groups is 1. The highest BCUT2D eigenvalue weighted by atomic mass is 16.7. The standard InChI is InChI=1S/C14H17NO4/c1-2-18-13(17)14(10-16)9-12(15-19-14)8-11-6-4-3-5-7-11/h3-7,16H,2,8-10H2,1H3. The summed E-state index contributed by atoms with van der Waals surface area (Å²) in [4.78, 5) is 17.0. The van der Waals surface area contributed by atoms with Gasteiger partial charge >= 0.3 is 5.97 Å². The maximum atomic E-state index is 11.8. The monoisotopic (exact) mass is 263 g/mol. The predicted octanol–water partition coefficient (Wildman–Crippen LogP) is 1.30. The molecule has 0 fully saturated rings. The van der Waals surface area contributed by atoms with Gasteiger partial charge in [0, 0.05) is 12.8 Å². The van der Waals surface area contributed by atoms with Gasteiger partial charge in [-0.15, -0.1) is 0 Å². The van der Waals surface area contributed by atoms with Crippen LogP contribution in [0.2, 0.25) is 0 Å². The third-order valence-corrected chi connectivity index (χ3v) is 2.99. The number of nitrogens with zero attached hydrogens (tertiary/aromatic N) is 1. The molecule has 0 spiro atoms. The van der Waals surface area contributed by atoms with Crippen molar-refractivity contribution < 1.29 is 19.5 Å². The Morgan fingerprint density at radius 1 is 1.47 bits per heavy atom. The zero-order valence-corrected chi connectivity index (χ0v) is 10.8. The fourth-order valence-corrected chi connectivity index (χ4v) is 1.99. The van der Waals surface area contributed by atoms with Gasteiger partial charge in [0.1, 0.15) is 0 Å². The lowest BCUT2D eigenvalue weighted by Gasteiger charge is -2.21. The Morgan fingerprint density at radius 3 is 2.84 bits per heavy atom. The van der Waals surface area contributed by atoms with Crippen LogP contribution in [0, 0.1) is 0 Å². The van der Waals surface area contributed by atoms with Gasteiger partial charge < -0.3 is 14.7 Å². The van der Waals surface area contributed by atoms with E-state index in [1.807, 2.05) is 30.3 Å². The van der Waals surface area contributed by atoms with Gasteiger partial charge in [0.25, 0.3) is 5.60 Å². The van der Waals surface area contributed by atoms with Crippen LogP contribution in [0.4, 0.5) is 0 Å². The molecule has 0 bridgehead atoms. The van der Waals surface area contributed by atoms with Crippen LogP contribution in [0.25, 0.3) is 0 Å². The molecule has 1 N–H and O–H groups in total. The number of aliphatic hydroxyl groups is 1. The third kappa shape index (κ3) is 2.93. The van der Waals surface area contributed by atoms with Crippen molar-refractivity contribution in [2.45, 2.75) is 25.4 Å². The normalized spacial score (nSPS) is 21.7. The predicted molar refractivity (Wildman–Crippen MR) is 69.7 cm³/mol. The van der Waals surface area contributed by atoms with Gasteiger partial charge in [0.2, 0.25) is 0 Å². The minimum atomic E-state index is -1.36. The molecule has 102 valence electrons. The lowest BCUT2D eigenvalue weighted by molar-refractivity contribution is -0.173. The van der Waals surface area contributed by atoms with Crippen LogP contribution in [-0.2, 0) is 20.8 Å². The summed E-state index contributed by atoms with van der Waals surface area (Å²) >= 11 is 0. The molecule has 1 atom stereocenters. The van der Waals surface area contributed by atoms with Crippen molar-refractivity contribution in [3.63, 3.8) is 0 Å². The Morgan fingerprint density at radius 2 is 2.21 bits per heavy atom. The fraction of sp³-hybridized carbons (Fsp3) is 0.429. The third-order valence-electron chi connectivity index (χ3n) is 2.99. The molecule has 5 heteroatoms. The number of aliphatic hydroxyl groups excluding tert-OH is 1. The Kier molecular flexibility index (Phi) is 4.16. The van der Waals surface area contributed by atoms with E-state index in [-0.39, 0.29) is 13.0 Å². The molecule has 1 aromatic rings. The molecule has 1 heterocycles. The highest BCUT2D eigenvalue weighted by Gasteiger charge is 2.47. The molecular formula is C14H17NO4. The minimum Gasteiger partial charge on any atom is -0.463 e. The summed E-state index contributed by atoms with van der Waals surface area (Å²) in [5, 5.41) is 13.3. The van der Waals surface area contributed by atoms with Crippen molar-refractivity contribution in [3.05, 3.63) is 35.9 Å². The number of esters is 1. The SMILES string of the molecule is CCOC(=O)C1(CO)CC(Cc2ccccc2)=NO1. The van der Waals surface area contributed by atoms with Gasteiger partial charge in [0.05, 0.1) is 18.9 Å². The fourth-order valence-electron chi connectivity index (χ4n) is 1.99. The second-order valence-electron chi connectivity index (χ2n) is 4.46. The van der Waals surface area contributed by atoms with Crippen molar-refractivity contribution >= 4 is 11.7 Å². The van der Waals surface area contributed by atoms with E-state index in [9.17, 15) is 9.90 Å². The van der Waals surface area contributed by atoms with E-state index >= 15 is 0 Å². The summed E-state index contributed by atoms with van der Waals surface area (Å²) in [5.41, 5.74) is 0.455. The molecule has 1 aromatic carbocycles. The summed E-state index contributed by atoms with van der Waals surface area (Å²) in [6.07, 6.45) is 0.860. The average molecular weight is 263 g/mol. The summed E-state index contributed by atoms with van der Waals surface area (Å²) < 4.78 is 4.92. The number of rotatable bonds is 5. The molecule has 0 amide bonds. The molecule has 0 aromatic heterocycles. The molecule has 19 heavy (non-hydrogen) atoms. The minimum absolute atomic E-state index is 0.248. The topological polar surface area (TPSA) is 68.1 Å². The first-order chi connectivity index (χ1) is 9.20. The van der Waals surface area contributed by atoms with E-state index in [1.165, 1.54) is 0 Å². The molecule has 1 aliphatic rings. The second kappa shape index (κ2) is 5.84. The molecule has 5 nitrogen and oxygen atoms in total. The van der Waals surface area contributed by atoms with Crippen molar-refractivity contribution in [3.8, 4) is 0 Å². The summed E-state index contributed by atoms with van der Waals surface area (Å²) in [6, 6.07) is 9.78. The number of ether oxygens (including phenoxy) is 1. The average Bonchev–Trinajstić information content (AvgIpc) is 2.85. The van der Waals surface area contributed by atoms with Crippen LogP contribution in [0.1, 0.15) is 18.9 Å². The largest absolute Gasteiger partial charge is 0.463 e. The van der Waals surface area contributed by atoms with Gasteiger partial charge in [-0.25, -0.2) is 4.79 Å². The van der Waals surface area contributed by atoms with Crippen LogP contribution < -0.4 is 0 Å². The lowest BCUT2D eigenvalue weighted by atomic mass is 9.95. The lowest BCUT2D eigenvalue weighted by Crippen LogP contribution is -2.44. The zero-order chi connectivity index (χ0) is 13.7. The summed E-state index contributed by atoms with van der Waals surface area (Å²) in [5.74, 6) is -0.565. The zero-order valence-electron chi connectivity index (χ0n) is 10.8. The molecule has 1 aliphatic heterocycles. The highest BCUT2D eigenvalue weighted by molar-refractivity contribution is 5.94. The molecule has 0 radical (unpaired) electrons. The molecule has 2 rings (SSSR count). The van der Waals surface area contributed by atoms with E-state index < -0.39 is 18.2 Å². The second-order valence-corrected chi connectivity index (χ2v) is 4.46. The van der Waals surface area contributed by atoms with E-state index in [0.29, 0.717) is 6.42 Å². The Balaban J connectivity index is 2.02. The van der Waals surface area contributed by atoms with Gasteiger partial charge in [-0.1, -0.05) is 35.5 Å². The van der Waals surface area contributed by atoms with Crippen LogP contribution >= 0.6 is 0 Å². The molecule has 0 aliphatic carbocycles. The first-order valence-electron chi connectivity index (χ1n) is 6.26. The maximum absolute atomic E-state index is 11.8. The van der Waals surface area contributed by atoms with Gasteiger partial charge in [-0.05, 0) is 12.5 Å². The first-order valence-corrected chi connectivity index (χ1v) is 6.26. The number of hydrogen-bond donors (Lipinski definition) is 1. The van der Waals surface area contributed by atoms with Gasteiger partial charge in [-0.3, -0.25) is 0 Å². The van der Waals surface area contributed by atoms with Crippen molar-refractivity contribution in [1.29, 1.82) is 0 Å². The van der Waals surface area contributed by atoms with E-state index in [2.05, 4.69) is 5.16 Å². The summed E-state index contributed by atoms with van der Waals surface area (Å²) in [6.45, 7) is 1.52. The maximum Gasteiger partial charge on any atom is 0.356 e. The van der Waals surface area contributed by atoms with Crippen molar-refractivity contribution in [2.75, 3.05) is 13.2 Å². The van der Waals surface area contributed by atoms with Crippen molar-refractivity contribution in [2.24, 2.45) is 5.16 Å². The van der Waals surface area contributed by atoms with Crippen LogP contribution in [-0.4, -0.2) is 35.6 Å². The number of oxime groups is 1. The van der Waals surface area contributed by atoms with Crippen molar-refractivity contribution in [1.82, 2.24) is 0 Å². The molecule has 0 saturated heterocycles. The Bertz CT molecular complexity index is 472. The highest BCUT2D eigenvalue weighted by Crippen LogP contribution is 2.26. The van der Waals surface area contributed by atoms with Gasteiger partial charge in [-0.2, -0.15) is 0 Å². The Labute approximate surface area is 111 Å². The Hall–Kier alpha value is -1.88. The van der Waals surface area contributed by atoms with E-state index in [0.717, 1.165) is 11.3 Å². The van der Waals surface area contributed by atoms with E-state index in [1.54, 1.807) is 6.92 Å².